The molecule has 5 rings (SSSR count). The average molecular weight is 466 g/mol. The summed E-state index contributed by atoms with van der Waals surface area (Å²) in [5.41, 5.74) is 2.71. The van der Waals surface area contributed by atoms with Crippen LogP contribution in [-0.4, -0.2) is 76.2 Å². The van der Waals surface area contributed by atoms with E-state index < -0.39 is 18.4 Å². The van der Waals surface area contributed by atoms with Crippen LogP contribution < -0.4 is 9.47 Å². The van der Waals surface area contributed by atoms with E-state index in [0.717, 1.165) is 16.0 Å². The van der Waals surface area contributed by atoms with Crippen LogP contribution in [0.3, 0.4) is 0 Å². The van der Waals surface area contributed by atoms with Gasteiger partial charge in [-0.15, -0.1) is 0 Å². The Hall–Kier alpha value is -3.92. The van der Waals surface area contributed by atoms with E-state index in [4.69, 9.17) is 24.3 Å². The first-order chi connectivity index (χ1) is 16.5. The molecule has 4 aromatic rings. The summed E-state index contributed by atoms with van der Waals surface area (Å²) >= 11 is 0. The monoisotopic (exact) mass is 466 g/mol. The zero-order chi connectivity index (χ0) is 23.7. The summed E-state index contributed by atoms with van der Waals surface area (Å²) in [6.45, 7) is 0.700. The Kier molecular flexibility index (Phi) is 5.89. The molecule has 0 aliphatic carbocycles. The van der Waals surface area contributed by atoms with Crippen LogP contribution in [0.2, 0.25) is 0 Å². The summed E-state index contributed by atoms with van der Waals surface area (Å²) < 4.78 is 32.9. The number of carbonyl (C=O) groups is 1. The van der Waals surface area contributed by atoms with Gasteiger partial charge in [0.15, 0.2) is 6.17 Å². The summed E-state index contributed by atoms with van der Waals surface area (Å²) in [5.74, 6) is 1.10. The van der Waals surface area contributed by atoms with Gasteiger partial charge in [-0.1, -0.05) is 18.2 Å². The molecule has 9 nitrogen and oxygen atoms in total. The molecule has 1 saturated heterocycles. The molecule has 0 saturated carbocycles. The molecule has 1 aromatic carbocycles. The van der Waals surface area contributed by atoms with Crippen LogP contribution in [0.1, 0.15) is 0 Å². The first-order valence-electron chi connectivity index (χ1n) is 10.8. The maximum Gasteiger partial charge on any atom is 0.407 e. The molecule has 1 amide bonds. The van der Waals surface area contributed by atoms with E-state index in [1.807, 2.05) is 40.9 Å². The number of ether oxygens (including phenoxy) is 3. The van der Waals surface area contributed by atoms with Gasteiger partial charge >= 0.3 is 6.09 Å². The number of hydrogen-bond acceptors (Lipinski definition) is 6. The van der Waals surface area contributed by atoms with Gasteiger partial charge < -0.3 is 24.2 Å². The number of halogens is 1. The van der Waals surface area contributed by atoms with Crippen molar-refractivity contribution in [1.82, 2.24) is 19.3 Å². The lowest BCUT2D eigenvalue weighted by Gasteiger charge is -2.16. The molecule has 4 heterocycles. The van der Waals surface area contributed by atoms with Gasteiger partial charge in [-0.25, -0.2) is 19.2 Å². The van der Waals surface area contributed by atoms with Gasteiger partial charge in [0.2, 0.25) is 0 Å². The minimum Gasteiger partial charge on any atom is -0.491 e. The molecular weight excluding hydrogens is 443 g/mol. The minimum absolute atomic E-state index is 0.0331. The van der Waals surface area contributed by atoms with Crippen LogP contribution in [-0.2, 0) is 4.74 Å². The molecule has 2 atom stereocenters. The van der Waals surface area contributed by atoms with Crippen LogP contribution in [0.15, 0.2) is 54.9 Å². The Morgan fingerprint density at radius 1 is 1.21 bits per heavy atom. The average Bonchev–Trinajstić information content (AvgIpc) is 3.42. The summed E-state index contributed by atoms with van der Waals surface area (Å²) in [4.78, 5) is 21.5. The lowest BCUT2D eigenvalue weighted by atomic mass is 10.1. The van der Waals surface area contributed by atoms with E-state index in [1.54, 1.807) is 25.4 Å². The van der Waals surface area contributed by atoms with Gasteiger partial charge in [0.05, 0.1) is 37.3 Å². The fourth-order valence-corrected chi connectivity index (χ4v) is 4.01. The van der Waals surface area contributed by atoms with Crippen molar-refractivity contribution in [2.75, 3.05) is 33.4 Å². The predicted molar refractivity (Wildman–Crippen MR) is 122 cm³/mol. The van der Waals surface area contributed by atoms with Crippen molar-refractivity contribution >= 4 is 22.6 Å². The molecular formula is C24H23FN4O5. The Labute approximate surface area is 194 Å². The van der Waals surface area contributed by atoms with Crippen molar-refractivity contribution in [3.8, 4) is 22.9 Å². The number of fused-ring (bicyclic) bond motifs is 2. The van der Waals surface area contributed by atoms with Crippen molar-refractivity contribution in [1.29, 1.82) is 0 Å². The van der Waals surface area contributed by atoms with Crippen molar-refractivity contribution in [2.45, 2.75) is 12.3 Å². The molecule has 2 unspecified atom stereocenters. The maximum atomic E-state index is 14.4. The molecule has 176 valence electrons. The molecule has 1 fully saturated rings. The summed E-state index contributed by atoms with van der Waals surface area (Å²) in [5, 5.41) is 9.98. The number of nitrogens with zero attached hydrogens (tertiary/aromatic N) is 4. The van der Waals surface area contributed by atoms with Gasteiger partial charge in [0.1, 0.15) is 35.4 Å². The Balaban J connectivity index is 1.45. The van der Waals surface area contributed by atoms with Crippen LogP contribution in [0, 0.1) is 0 Å². The van der Waals surface area contributed by atoms with Gasteiger partial charge in [0, 0.05) is 24.8 Å². The van der Waals surface area contributed by atoms with E-state index in [-0.39, 0.29) is 13.1 Å². The summed E-state index contributed by atoms with van der Waals surface area (Å²) in [6.07, 6.45) is 0.131. The van der Waals surface area contributed by atoms with E-state index in [9.17, 15) is 9.18 Å². The van der Waals surface area contributed by atoms with Gasteiger partial charge in [-0.05, 0) is 18.2 Å². The van der Waals surface area contributed by atoms with Crippen LogP contribution >= 0.6 is 0 Å². The smallest absolute Gasteiger partial charge is 0.407 e. The lowest BCUT2D eigenvalue weighted by molar-refractivity contribution is 0.136. The van der Waals surface area contributed by atoms with E-state index >= 15 is 0 Å². The molecule has 0 radical (unpaired) electrons. The highest BCUT2D eigenvalue weighted by Crippen LogP contribution is 2.30. The minimum atomic E-state index is -1.41. The number of amides is 1. The highest BCUT2D eigenvalue weighted by atomic mass is 19.1. The quantitative estimate of drug-likeness (QED) is 0.415. The summed E-state index contributed by atoms with van der Waals surface area (Å²) in [7, 11) is 1.62. The van der Waals surface area contributed by atoms with Gasteiger partial charge in [-0.2, -0.15) is 0 Å². The second kappa shape index (κ2) is 9.14. The first kappa shape index (κ1) is 21.9. The van der Waals surface area contributed by atoms with Crippen LogP contribution in [0.25, 0.3) is 27.9 Å². The number of pyridine rings is 2. The highest BCUT2D eigenvalue weighted by molar-refractivity contribution is 5.86. The Bertz CT molecular complexity index is 1340. The standard InChI is InChI=1S/C24H23FN4O5/c1-32-9-10-33-16-7-8-29-19(12-26-22(29)11-16)18-6-5-15-3-2-4-20(23(15)27-18)34-21-14-28(24(30)31)13-17(21)25/h2-8,11-12,17,21H,9-10,13-14H2,1H3,(H,30,31). The number of benzene rings is 1. The number of alkyl halides is 1. The van der Waals surface area contributed by atoms with Crippen LogP contribution in [0.5, 0.6) is 11.5 Å². The second-order valence-corrected chi connectivity index (χ2v) is 7.96. The Morgan fingerprint density at radius 2 is 2.09 bits per heavy atom. The van der Waals surface area contributed by atoms with Crippen molar-refractivity contribution in [3.63, 3.8) is 0 Å². The number of hydrogen-bond donors (Lipinski definition) is 1. The number of imidazole rings is 1. The van der Waals surface area contributed by atoms with Crippen LogP contribution in [0.4, 0.5) is 9.18 Å². The fraction of sp³-hybridized carbons (Fsp3) is 0.292. The first-order valence-corrected chi connectivity index (χ1v) is 10.8. The zero-order valence-electron chi connectivity index (χ0n) is 18.4. The second-order valence-electron chi connectivity index (χ2n) is 7.96. The predicted octanol–water partition coefficient (Wildman–Crippen LogP) is 3.65. The third-order valence-electron chi connectivity index (χ3n) is 5.73. The van der Waals surface area contributed by atoms with Gasteiger partial charge in [0.25, 0.3) is 0 Å². The zero-order valence-corrected chi connectivity index (χ0v) is 18.4. The number of likely N-dealkylation sites (tertiary alicyclic amines) is 1. The van der Waals surface area contributed by atoms with E-state index in [2.05, 4.69) is 4.98 Å². The van der Waals surface area contributed by atoms with E-state index in [1.165, 1.54) is 0 Å². The molecule has 34 heavy (non-hydrogen) atoms. The van der Waals surface area contributed by atoms with Crippen molar-refractivity contribution < 1.29 is 28.5 Å². The number of carboxylic acid groups (broad SMARTS) is 1. The Morgan fingerprint density at radius 3 is 2.88 bits per heavy atom. The molecule has 3 aromatic heterocycles. The molecule has 0 spiro atoms. The third kappa shape index (κ3) is 4.19. The number of para-hydroxylation sites is 1. The topological polar surface area (TPSA) is 98.4 Å². The van der Waals surface area contributed by atoms with Crippen molar-refractivity contribution in [2.24, 2.45) is 0 Å². The maximum absolute atomic E-state index is 14.4. The molecule has 10 heteroatoms. The molecule has 1 aliphatic rings. The fourth-order valence-electron chi connectivity index (χ4n) is 4.01. The van der Waals surface area contributed by atoms with Crippen molar-refractivity contribution in [3.05, 3.63) is 54.9 Å². The molecule has 1 aliphatic heterocycles. The van der Waals surface area contributed by atoms with E-state index in [0.29, 0.717) is 41.6 Å². The highest BCUT2D eigenvalue weighted by Gasteiger charge is 2.37. The summed E-state index contributed by atoms with van der Waals surface area (Å²) in [6, 6.07) is 12.9. The molecule has 1 N–H and O–H groups in total. The number of rotatable bonds is 7. The number of methoxy groups -OCH3 is 1. The normalized spacial score (nSPS) is 18.0. The molecule has 0 bridgehead atoms. The third-order valence-corrected chi connectivity index (χ3v) is 5.73. The SMILES string of the molecule is COCCOc1ccn2c(-c3ccc4cccc(OC5CN(C(=O)O)CC5F)c4n3)cnc2c1. The lowest BCUT2D eigenvalue weighted by Crippen LogP contribution is -2.29. The number of aromatic nitrogens is 3. The van der Waals surface area contributed by atoms with Gasteiger partial charge in [-0.3, -0.25) is 4.40 Å². The largest absolute Gasteiger partial charge is 0.491 e.